The van der Waals surface area contributed by atoms with Gasteiger partial charge in [-0.15, -0.1) is 0 Å². The van der Waals surface area contributed by atoms with Crippen LogP contribution in [0.25, 0.3) is 0 Å². The van der Waals surface area contributed by atoms with E-state index in [9.17, 15) is 0 Å². The highest BCUT2D eigenvalue weighted by Crippen LogP contribution is 2.08. The van der Waals surface area contributed by atoms with Gasteiger partial charge in [-0.1, -0.05) is 69.8 Å². The van der Waals surface area contributed by atoms with E-state index >= 15 is 0 Å². The van der Waals surface area contributed by atoms with Crippen molar-refractivity contribution in [2.75, 3.05) is 6.61 Å². The van der Waals surface area contributed by atoms with Crippen molar-refractivity contribution in [1.82, 2.24) is 0 Å². The maximum atomic E-state index is 8.63. The van der Waals surface area contributed by atoms with Crippen LogP contribution in [0, 0.1) is 0 Å². The van der Waals surface area contributed by atoms with Crippen LogP contribution in [0.1, 0.15) is 71.1 Å². The number of unbranched alkanes of at least 4 members (excludes halogenated alkanes) is 8. The van der Waals surface area contributed by atoms with Gasteiger partial charge in [0.2, 0.25) is 0 Å². The Labute approximate surface area is 108 Å². The molecule has 0 aliphatic rings. The predicted octanol–water partition coefficient (Wildman–Crippen LogP) is 5.01. The number of aliphatic hydroxyl groups excluding tert-OH is 1. The van der Waals surface area contributed by atoms with Crippen molar-refractivity contribution in [2.45, 2.75) is 71.1 Å². The Bertz CT molecular complexity index is 182. The van der Waals surface area contributed by atoms with E-state index in [-0.39, 0.29) is 0 Å². The second-order valence-corrected chi connectivity index (χ2v) is 4.63. The van der Waals surface area contributed by atoms with Crippen molar-refractivity contribution in [3.05, 3.63) is 24.3 Å². The van der Waals surface area contributed by atoms with Gasteiger partial charge in [0.15, 0.2) is 0 Å². The van der Waals surface area contributed by atoms with Gasteiger partial charge in [-0.25, -0.2) is 0 Å². The molecule has 0 aromatic rings. The van der Waals surface area contributed by atoms with Gasteiger partial charge in [0, 0.05) is 6.61 Å². The molecule has 17 heavy (non-hydrogen) atoms. The van der Waals surface area contributed by atoms with Crippen molar-refractivity contribution < 1.29 is 5.11 Å². The van der Waals surface area contributed by atoms with Crippen LogP contribution in [0.4, 0.5) is 0 Å². The zero-order valence-corrected chi connectivity index (χ0v) is 11.5. The minimum atomic E-state index is 0.357. The Kier molecular flexibility index (Phi) is 14.9. The quantitative estimate of drug-likeness (QED) is 0.374. The molecule has 1 heteroatoms. The molecule has 0 bridgehead atoms. The first-order chi connectivity index (χ1) is 8.41. The molecule has 0 aromatic heterocycles. The third kappa shape index (κ3) is 15.4. The molecule has 0 heterocycles. The summed E-state index contributed by atoms with van der Waals surface area (Å²) in [6.07, 6.45) is 21.3. The minimum absolute atomic E-state index is 0.357. The summed E-state index contributed by atoms with van der Waals surface area (Å²) in [5.41, 5.74) is 0. The van der Waals surface area contributed by atoms with Crippen molar-refractivity contribution in [3.63, 3.8) is 0 Å². The number of hydrogen-bond acceptors (Lipinski definition) is 1. The molecule has 0 saturated carbocycles. The molecule has 0 spiro atoms. The monoisotopic (exact) mass is 238 g/mol. The lowest BCUT2D eigenvalue weighted by atomic mass is 10.1. The average molecular weight is 238 g/mol. The first kappa shape index (κ1) is 16.4. The number of hydrogen-bond donors (Lipinski definition) is 1. The third-order valence-electron chi connectivity index (χ3n) is 2.87. The first-order valence-electron chi connectivity index (χ1n) is 7.34. The number of rotatable bonds is 12. The zero-order valence-electron chi connectivity index (χ0n) is 11.5. The van der Waals surface area contributed by atoms with Crippen LogP contribution in [0.3, 0.4) is 0 Å². The van der Waals surface area contributed by atoms with E-state index in [0.29, 0.717) is 6.61 Å². The highest BCUT2D eigenvalue weighted by Gasteiger charge is 1.90. The summed E-state index contributed by atoms with van der Waals surface area (Å²) in [6, 6.07) is 0. The lowest BCUT2D eigenvalue weighted by molar-refractivity contribution is 0.282. The van der Waals surface area contributed by atoms with Crippen LogP contribution in [-0.2, 0) is 0 Å². The number of allylic oxidation sites excluding steroid dienone is 4. The minimum Gasteiger partial charge on any atom is -0.396 e. The van der Waals surface area contributed by atoms with E-state index in [1.165, 1.54) is 57.8 Å². The molecular formula is C16H30O. The molecule has 0 aromatic carbocycles. The van der Waals surface area contributed by atoms with Crippen molar-refractivity contribution in [3.8, 4) is 0 Å². The highest BCUT2D eigenvalue weighted by molar-refractivity contribution is 5.02. The van der Waals surface area contributed by atoms with Crippen LogP contribution < -0.4 is 0 Å². The van der Waals surface area contributed by atoms with Gasteiger partial charge in [-0.05, 0) is 25.7 Å². The topological polar surface area (TPSA) is 20.2 Å². The summed E-state index contributed by atoms with van der Waals surface area (Å²) in [5.74, 6) is 0. The fraction of sp³-hybridized carbons (Fsp3) is 0.750. The van der Waals surface area contributed by atoms with E-state index < -0.39 is 0 Å². The summed E-state index contributed by atoms with van der Waals surface area (Å²) < 4.78 is 0. The fourth-order valence-corrected chi connectivity index (χ4v) is 1.77. The zero-order chi connectivity index (χ0) is 12.6. The molecule has 1 nitrogen and oxygen atoms in total. The van der Waals surface area contributed by atoms with Crippen LogP contribution in [0.2, 0.25) is 0 Å². The molecule has 100 valence electrons. The molecule has 1 N–H and O–H groups in total. The van der Waals surface area contributed by atoms with Crippen molar-refractivity contribution in [1.29, 1.82) is 0 Å². The summed E-state index contributed by atoms with van der Waals surface area (Å²) in [5, 5.41) is 8.63. The Hall–Kier alpha value is -0.560. The Morgan fingerprint density at radius 3 is 1.82 bits per heavy atom. The average Bonchev–Trinajstić information content (AvgIpc) is 2.35. The van der Waals surface area contributed by atoms with Gasteiger partial charge in [-0.3, -0.25) is 0 Å². The molecule has 0 amide bonds. The molecule has 0 aliphatic carbocycles. The molecule has 0 atom stereocenters. The van der Waals surface area contributed by atoms with Crippen LogP contribution in [-0.4, -0.2) is 11.7 Å². The van der Waals surface area contributed by atoms with Gasteiger partial charge in [0.05, 0.1) is 0 Å². The van der Waals surface area contributed by atoms with Crippen LogP contribution >= 0.6 is 0 Å². The van der Waals surface area contributed by atoms with Crippen LogP contribution in [0.5, 0.6) is 0 Å². The van der Waals surface area contributed by atoms with Gasteiger partial charge >= 0.3 is 0 Å². The van der Waals surface area contributed by atoms with Crippen LogP contribution in [0.15, 0.2) is 24.3 Å². The second-order valence-electron chi connectivity index (χ2n) is 4.63. The van der Waals surface area contributed by atoms with E-state index in [4.69, 9.17) is 5.11 Å². The van der Waals surface area contributed by atoms with Crippen molar-refractivity contribution in [2.24, 2.45) is 0 Å². The largest absolute Gasteiger partial charge is 0.396 e. The summed E-state index contributed by atoms with van der Waals surface area (Å²) in [4.78, 5) is 0. The van der Waals surface area contributed by atoms with E-state index in [1.807, 2.05) is 0 Å². The SMILES string of the molecule is CCC/C=C/C=C/CCCCCCCCCO. The highest BCUT2D eigenvalue weighted by atomic mass is 16.2. The second kappa shape index (κ2) is 15.4. The Morgan fingerprint density at radius 1 is 0.706 bits per heavy atom. The van der Waals surface area contributed by atoms with Crippen molar-refractivity contribution >= 4 is 0 Å². The maximum Gasteiger partial charge on any atom is 0.0431 e. The molecule has 0 aliphatic heterocycles. The summed E-state index contributed by atoms with van der Waals surface area (Å²) >= 11 is 0. The lowest BCUT2D eigenvalue weighted by Crippen LogP contribution is -1.83. The predicted molar refractivity (Wildman–Crippen MR) is 77.2 cm³/mol. The first-order valence-corrected chi connectivity index (χ1v) is 7.34. The lowest BCUT2D eigenvalue weighted by Gasteiger charge is -1.99. The van der Waals surface area contributed by atoms with Gasteiger partial charge in [0.1, 0.15) is 0 Å². The smallest absolute Gasteiger partial charge is 0.0431 e. The van der Waals surface area contributed by atoms with Gasteiger partial charge in [-0.2, -0.15) is 0 Å². The van der Waals surface area contributed by atoms with E-state index in [1.54, 1.807) is 0 Å². The third-order valence-corrected chi connectivity index (χ3v) is 2.87. The summed E-state index contributed by atoms with van der Waals surface area (Å²) in [7, 11) is 0. The fourth-order valence-electron chi connectivity index (χ4n) is 1.77. The Morgan fingerprint density at radius 2 is 1.24 bits per heavy atom. The number of aliphatic hydroxyl groups is 1. The molecule has 0 unspecified atom stereocenters. The maximum absolute atomic E-state index is 8.63. The molecular weight excluding hydrogens is 208 g/mol. The summed E-state index contributed by atoms with van der Waals surface area (Å²) in [6.45, 7) is 2.56. The van der Waals surface area contributed by atoms with Gasteiger partial charge in [0.25, 0.3) is 0 Å². The Balaban J connectivity index is 3.07. The van der Waals surface area contributed by atoms with Gasteiger partial charge < -0.3 is 5.11 Å². The normalized spacial score (nSPS) is 11.9. The molecule has 0 fully saturated rings. The van der Waals surface area contributed by atoms with E-state index in [2.05, 4.69) is 31.2 Å². The molecule has 0 rings (SSSR count). The molecule has 0 radical (unpaired) electrons. The van der Waals surface area contributed by atoms with E-state index in [0.717, 1.165) is 6.42 Å². The standard InChI is InChI=1S/C16H30O/c1-2-3-4-5-6-7-8-9-10-11-12-13-14-15-16-17/h4-7,17H,2-3,8-16H2,1H3/b5-4+,7-6+. The molecule has 0 saturated heterocycles.